The minimum Gasteiger partial charge on any atom is -0.375 e. The number of benzene rings is 2. The topological polar surface area (TPSA) is 70.5 Å². The molecule has 2 heterocycles. The zero-order valence-corrected chi connectivity index (χ0v) is 15.5. The molecular weight excluding hydrogens is 352 g/mol. The average molecular weight is 372 g/mol. The summed E-state index contributed by atoms with van der Waals surface area (Å²) < 4.78 is 0. The summed E-state index contributed by atoms with van der Waals surface area (Å²) >= 11 is 0. The first-order valence-electron chi connectivity index (χ1n) is 9.13. The van der Waals surface area contributed by atoms with Gasteiger partial charge in [-0.3, -0.25) is 14.6 Å². The van der Waals surface area contributed by atoms with Crippen LogP contribution in [0.4, 0.5) is 5.69 Å². The van der Waals surface area contributed by atoms with Crippen LogP contribution >= 0.6 is 0 Å². The van der Waals surface area contributed by atoms with Crippen LogP contribution in [0.25, 0.3) is 0 Å². The summed E-state index contributed by atoms with van der Waals surface area (Å²) in [6, 6.07) is 19.9. The van der Waals surface area contributed by atoms with Gasteiger partial charge in [0.2, 0.25) is 0 Å². The second-order valence-electron chi connectivity index (χ2n) is 7.01. The Morgan fingerprint density at radius 3 is 2.50 bits per heavy atom. The largest absolute Gasteiger partial charge is 0.375 e. The summed E-state index contributed by atoms with van der Waals surface area (Å²) in [5.41, 5.74) is 1.48. The minimum absolute atomic E-state index is 0.235. The molecule has 1 amide bonds. The second kappa shape index (κ2) is 7.02. The number of hydrogen-bond acceptors (Lipinski definition) is 4. The number of aromatic nitrogens is 1. The van der Waals surface area contributed by atoms with E-state index in [1.807, 2.05) is 37.3 Å². The highest BCUT2D eigenvalue weighted by atomic mass is 16.3. The van der Waals surface area contributed by atoms with E-state index in [1.165, 1.54) is 6.20 Å². The number of carbonyl (C=O) groups excluding carboxylic acids is 2. The number of carbonyl (C=O) groups is 2. The number of nitrogens with zero attached hydrogens (tertiary/aromatic N) is 2. The first-order valence-corrected chi connectivity index (χ1v) is 9.13. The number of pyridine rings is 1. The van der Waals surface area contributed by atoms with E-state index in [0.29, 0.717) is 17.8 Å². The zero-order chi connectivity index (χ0) is 19.7. The third-order valence-electron chi connectivity index (χ3n) is 5.20. The molecule has 5 heteroatoms. The number of Topliss-reactive ketones (excluding diaryl/α,β-unsaturated/α-hetero) is 1. The van der Waals surface area contributed by atoms with Crippen molar-refractivity contribution in [2.75, 3.05) is 4.90 Å². The number of aliphatic hydroxyl groups is 1. The van der Waals surface area contributed by atoms with Crippen molar-refractivity contribution in [2.45, 2.75) is 25.5 Å². The van der Waals surface area contributed by atoms with Crippen LogP contribution in [0.3, 0.4) is 0 Å². The van der Waals surface area contributed by atoms with Crippen LogP contribution in [0.2, 0.25) is 0 Å². The van der Waals surface area contributed by atoms with Crippen molar-refractivity contribution >= 4 is 17.4 Å². The van der Waals surface area contributed by atoms with Crippen LogP contribution in [-0.4, -0.2) is 21.8 Å². The lowest BCUT2D eigenvalue weighted by molar-refractivity contribution is -0.136. The second-order valence-corrected chi connectivity index (χ2v) is 7.01. The van der Waals surface area contributed by atoms with E-state index in [2.05, 4.69) is 4.98 Å². The van der Waals surface area contributed by atoms with Crippen LogP contribution in [0.5, 0.6) is 0 Å². The van der Waals surface area contributed by atoms with Crippen molar-refractivity contribution in [1.82, 2.24) is 4.98 Å². The highest BCUT2D eigenvalue weighted by molar-refractivity contribution is 6.10. The maximum Gasteiger partial charge on any atom is 0.264 e. The molecule has 2 aromatic carbocycles. The first kappa shape index (κ1) is 18.1. The maximum atomic E-state index is 13.3. The molecule has 28 heavy (non-hydrogen) atoms. The van der Waals surface area contributed by atoms with Crippen LogP contribution < -0.4 is 4.90 Å². The van der Waals surface area contributed by atoms with Gasteiger partial charge in [0.25, 0.3) is 5.91 Å². The Bertz CT molecular complexity index is 1050. The van der Waals surface area contributed by atoms with Crippen molar-refractivity contribution in [1.29, 1.82) is 0 Å². The van der Waals surface area contributed by atoms with Gasteiger partial charge in [0.05, 0.1) is 18.7 Å². The molecule has 0 saturated carbocycles. The van der Waals surface area contributed by atoms with Crippen LogP contribution in [0, 0.1) is 6.92 Å². The molecule has 1 unspecified atom stereocenters. The van der Waals surface area contributed by atoms with Crippen molar-refractivity contribution < 1.29 is 14.7 Å². The summed E-state index contributed by atoms with van der Waals surface area (Å²) in [4.78, 5) is 31.6. The van der Waals surface area contributed by atoms with E-state index in [0.717, 1.165) is 11.1 Å². The van der Waals surface area contributed by atoms with Gasteiger partial charge in [-0.05, 0) is 36.2 Å². The Labute approximate surface area is 163 Å². The molecule has 1 aliphatic rings. The molecule has 1 N–H and O–H groups in total. The molecule has 0 spiro atoms. The third-order valence-corrected chi connectivity index (χ3v) is 5.20. The van der Waals surface area contributed by atoms with Gasteiger partial charge >= 0.3 is 0 Å². The molecule has 1 atom stereocenters. The van der Waals surface area contributed by atoms with Gasteiger partial charge in [0.1, 0.15) is 5.69 Å². The molecule has 4 rings (SSSR count). The number of para-hydroxylation sites is 1. The van der Waals surface area contributed by atoms with E-state index in [1.54, 1.807) is 41.3 Å². The van der Waals surface area contributed by atoms with Crippen LogP contribution in [-0.2, 0) is 16.9 Å². The highest BCUT2D eigenvalue weighted by Crippen LogP contribution is 2.43. The Balaban J connectivity index is 1.70. The Kier molecular flexibility index (Phi) is 4.53. The fourth-order valence-electron chi connectivity index (χ4n) is 3.64. The van der Waals surface area contributed by atoms with Crippen molar-refractivity contribution in [2.24, 2.45) is 0 Å². The van der Waals surface area contributed by atoms with Crippen molar-refractivity contribution in [3.8, 4) is 0 Å². The number of amides is 1. The lowest BCUT2D eigenvalue weighted by Gasteiger charge is -2.23. The summed E-state index contributed by atoms with van der Waals surface area (Å²) in [5, 5.41) is 11.3. The predicted molar refractivity (Wildman–Crippen MR) is 106 cm³/mol. The molecule has 0 aliphatic carbocycles. The summed E-state index contributed by atoms with van der Waals surface area (Å²) in [6.07, 6.45) is 1.18. The Morgan fingerprint density at radius 1 is 1.04 bits per heavy atom. The molecule has 1 aromatic heterocycles. The number of aryl methyl sites for hydroxylation is 1. The lowest BCUT2D eigenvalue weighted by atomic mass is 9.89. The Hall–Kier alpha value is -3.31. The molecule has 1 aliphatic heterocycles. The average Bonchev–Trinajstić information content (AvgIpc) is 2.92. The standard InChI is InChI=1S/C23H20N2O3/c1-16-8-2-3-9-17(16)15-25-20-12-5-4-10-18(20)23(28,22(25)27)14-21(26)19-11-6-7-13-24-19/h2-13,28H,14-15H2,1H3. The van der Waals surface area contributed by atoms with Gasteiger partial charge in [0, 0.05) is 11.8 Å². The van der Waals surface area contributed by atoms with Crippen molar-refractivity contribution in [3.05, 3.63) is 95.3 Å². The van der Waals surface area contributed by atoms with E-state index in [4.69, 9.17) is 0 Å². The predicted octanol–water partition coefficient (Wildman–Crippen LogP) is 3.40. The number of rotatable bonds is 5. The highest BCUT2D eigenvalue weighted by Gasteiger charge is 2.50. The third kappa shape index (κ3) is 3.00. The normalized spacial score (nSPS) is 18.2. The molecule has 0 bridgehead atoms. The maximum absolute atomic E-state index is 13.3. The number of hydrogen-bond donors (Lipinski definition) is 1. The van der Waals surface area contributed by atoms with Gasteiger partial charge in [-0.25, -0.2) is 0 Å². The summed E-state index contributed by atoms with van der Waals surface area (Å²) in [6.45, 7) is 2.32. The molecule has 3 aromatic rings. The van der Waals surface area contributed by atoms with E-state index in [-0.39, 0.29) is 17.9 Å². The number of ketones is 1. The summed E-state index contributed by atoms with van der Waals surface area (Å²) in [5.74, 6) is -0.856. The van der Waals surface area contributed by atoms with Crippen molar-refractivity contribution in [3.63, 3.8) is 0 Å². The quantitative estimate of drug-likeness (QED) is 0.697. The fraction of sp³-hybridized carbons (Fsp3) is 0.174. The molecule has 140 valence electrons. The monoisotopic (exact) mass is 372 g/mol. The van der Waals surface area contributed by atoms with Crippen LogP contribution in [0.1, 0.15) is 33.6 Å². The van der Waals surface area contributed by atoms with E-state index in [9.17, 15) is 14.7 Å². The smallest absolute Gasteiger partial charge is 0.264 e. The van der Waals surface area contributed by atoms with Gasteiger partial charge in [-0.15, -0.1) is 0 Å². The van der Waals surface area contributed by atoms with Crippen LogP contribution in [0.15, 0.2) is 72.9 Å². The number of fused-ring (bicyclic) bond motifs is 1. The van der Waals surface area contributed by atoms with Gasteiger partial charge in [-0.1, -0.05) is 48.5 Å². The fourth-order valence-corrected chi connectivity index (χ4v) is 3.64. The minimum atomic E-state index is -1.89. The first-order chi connectivity index (χ1) is 13.5. The molecular formula is C23H20N2O3. The van der Waals surface area contributed by atoms with Gasteiger partial charge in [0.15, 0.2) is 11.4 Å². The summed E-state index contributed by atoms with van der Waals surface area (Å²) in [7, 11) is 0. The molecule has 0 radical (unpaired) electrons. The van der Waals surface area contributed by atoms with Gasteiger partial charge in [-0.2, -0.15) is 0 Å². The zero-order valence-electron chi connectivity index (χ0n) is 15.5. The van der Waals surface area contributed by atoms with E-state index >= 15 is 0 Å². The molecule has 0 fully saturated rings. The molecule has 5 nitrogen and oxygen atoms in total. The number of anilines is 1. The Morgan fingerprint density at radius 2 is 1.75 bits per heavy atom. The van der Waals surface area contributed by atoms with E-state index < -0.39 is 11.5 Å². The molecule has 0 saturated heterocycles. The van der Waals surface area contributed by atoms with Gasteiger partial charge < -0.3 is 10.0 Å². The SMILES string of the molecule is Cc1ccccc1CN1C(=O)C(O)(CC(=O)c2ccccn2)c2ccccc21. The lowest BCUT2D eigenvalue weighted by Crippen LogP contribution is -2.41.